The van der Waals surface area contributed by atoms with Crippen molar-refractivity contribution in [1.29, 1.82) is 5.26 Å². The summed E-state index contributed by atoms with van der Waals surface area (Å²) in [6, 6.07) is 12.8. The van der Waals surface area contributed by atoms with Crippen LogP contribution in [0.4, 0.5) is 0 Å². The Kier molecular flexibility index (Phi) is 3.20. The Balaban J connectivity index is 2.09. The molecule has 102 valence electrons. The van der Waals surface area contributed by atoms with Gasteiger partial charge in [-0.3, -0.25) is 9.78 Å². The van der Waals surface area contributed by atoms with E-state index in [9.17, 15) is 10.1 Å². The second-order valence-corrected chi connectivity index (χ2v) is 4.68. The second-order valence-electron chi connectivity index (χ2n) is 4.68. The lowest BCUT2D eigenvalue weighted by Crippen LogP contribution is -2.15. The van der Waals surface area contributed by atoms with Gasteiger partial charge in [0.05, 0.1) is 17.1 Å². The van der Waals surface area contributed by atoms with Crippen LogP contribution in [-0.2, 0) is 7.05 Å². The number of pyridine rings is 1. The Morgan fingerprint density at radius 1 is 1.24 bits per heavy atom. The van der Waals surface area contributed by atoms with Crippen LogP contribution in [0.3, 0.4) is 0 Å². The Labute approximate surface area is 121 Å². The third-order valence-corrected chi connectivity index (χ3v) is 3.44. The van der Waals surface area contributed by atoms with Crippen molar-refractivity contribution in [1.82, 2.24) is 14.5 Å². The maximum Gasteiger partial charge on any atom is 0.187 e. The smallest absolute Gasteiger partial charge is 0.187 e. The molecule has 2 aromatic heterocycles. The Bertz CT molecular complexity index is 846. The summed E-state index contributed by atoms with van der Waals surface area (Å²) in [4.78, 5) is 20.8. The molecular formula is C16H12N4O. The molecule has 5 nitrogen and oxygen atoms in total. The Hall–Kier alpha value is -3.00. The van der Waals surface area contributed by atoms with Crippen LogP contribution >= 0.6 is 0 Å². The van der Waals surface area contributed by atoms with Gasteiger partial charge in [0.2, 0.25) is 0 Å². The van der Waals surface area contributed by atoms with Gasteiger partial charge < -0.3 is 4.57 Å². The number of nitrogens with zero attached hydrogens (tertiary/aromatic N) is 4. The summed E-state index contributed by atoms with van der Waals surface area (Å²) in [6.07, 6.45) is 3.08. The van der Waals surface area contributed by atoms with Crippen molar-refractivity contribution >= 4 is 16.8 Å². The van der Waals surface area contributed by atoms with Crippen molar-refractivity contribution in [3.63, 3.8) is 0 Å². The molecule has 0 N–H and O–H groups in total. The normalized spacial score (nSPS) is 12.0. The number of carbonyl (C=O) groups is 1. The molecule has 0 unspecified atom stereocenters. The van der Waals surface area contributed by atoms with Crippen LogP contribution in [0.25, 0.3) is 11.0 Å². The van der Waals surface area contributed by atoms with E-state index in [0.29, 0.717) is 11.4 Å². The summed E-state index contributed by atoms with van der Waals surface area (Å²) in [5, 5.41) is 9.42. The van der Waals surface area contributed by atoms with E-state index in [1.54, 1.807) is 16.7 Å². The Morgan fingerprint density at radius 3 is 2.62 bits per heavy atom. The zero-order valence-electron chi connectivity index (χ0n) is 11.4. The molecular weight excluding hydrogens is 264 g/mol. The highest BCUT2D eigenvalue weighted by molar-refractivity contribution is 6.02. The molecule has 0 amide bonds. The highest BCUT2D eigenvalue weighted by Crippen LogP contribution is 2.23. The van der Waals surface area contributed by atoms with Crippen molar-refractivity contribution in [3.05, 3.63) is 60.2 Å². The topological polar surface area (TPSA) is 71.6 Å². The quantitative estimate of drug-likeness (QED) is 0.689. The molecule has 2 heterocycles. The van der Waals surface area contributed by atoms with Gasteiger partial charge in [-0.15, -0.1) is 0 Å². The van der Waals surface area contributed by atoms with Crippen LogP contribution in [0.2, 0.25) is 0 Å². The van der Waals surface area contributed by atoms with Gasteiger partial charge >= 0.3 is 0 Å². The van der Waals surface area contributed by atoms with E-state index in [1.165, 1.54) is 12.4 Å². The number of hydrogen-bond donors (Lipinski definition) is 0. The fourth-order valence-electron chi connectivity index (χ4n) is 2.34. The van der Waals surface area contributed by atoms with Gasteiger partial charge in [-0.05, 0) is 24.3 Å². The third-order valence-electron chi connectivity index (χ3n) is 3.44. The number of nitriles is 1. The summed E-state index contributed by atoms with van der Waals surface area (Å²) < 4.78 is 1.79. The SMILES string of the molecule is Cn1c([C@H](C#N)C(=O)c2ccncc2)nc2ccccc21. The van der Waals surface area contributed by atoms with E-state index in [4.69, 9.17) is 0 Å². The average Bonchev–Trinajstić information content (AvgIpc) is 2.86. The summed E-state index contributed by atoms with van der Waals surface area (Å²) >= 11 is 0. The molecule has 0 spiro atoms. The minimum atomic E-state index is -0.926. The molecule has 0 saturated heterocycles. The molecule has 5 heteroatoms. The summed E-state index contributed by atoms with van der Waals surface area (Å²) in [7, 11) is 1.81. The highest BCUT2D eigenvalue weighted by atomic mass is 16.1. The van der Waals surface area contributed by atoms with Crippen LogP contribution < -0.4 is 0 Å². The minimum Gasteiger partial charge on any atom is -0.330 e. The van der Waals surface area contributed by atoms with Crippen LogP contribution in [0.1, 0.15) is 22.1 Å². The third kappa shape index (κ3) is 2.17. The van der Waals surface area contributed by atoms with Gasteiger partial charge in [0, 0.05) is 25.0 Å². The number of aromatic nitrogens is 3. The zero-order chi connectivity index (χ0) is 14.8. The van der Waals surface area contributed by atoms with E-state index in [1.807, 2.05) is 31.3 Å². The van der Waals surface area contributed by atoms with Gasteiger partial charge in [-0.1, -0.05) is 12.1 Å². The van der Waals surface area contributed by atoms with Crippen LogP contribution in [-0.4, -0.2) is 20.3 Å². The number of imidazole rings is 1. The van der Waals surface area contributed by atoms with E-state index in [-0.39, 0.29) is 5.78 Å². The van der Waals surface area contributed by atoms with E-state index >= 15 is 0 Å². The van der Waals surface area contributed by atoms with Gasteiger partial charge in [-0.25, -0.2) is 4.98 Å². The van der Waals surface area contributed by atoms with Gasteiger partial charge in [0.1, 0.15) is 5.82 Å². The maximum atomic E-state index is 12.5. The van der Waals surface area contributed by atoms with Crippen LogP contribution in [0.5, 0.6) is 0 Å². The molecule has 21 heavy (non-hydrogen) atoms. The summed E-state index contributed by atoms with van der Waals surface area (Å²) in [5.74, 6) is -0.733. The van der Waals surface area contributed by atoms with Crippen molar-refractivity contribution in [2.75, 3.05) is 0 Å². The molecule has 0 saturated carbocycles. The minimum absolute atomic E-state index is 0.265. The summed E-state index contributed by atoms with van der Waals surface area (Å²) in [6.45, 7) is 0. The molecule has 0 radical (unpaired) electrons. The van der Waals surface area contributed by atoms with E-state index in [2.05, 4.69) is 16.0 Å². The number of aryl methyl sites for hydroxylation is 1. The molecule has 3 rings (SSSR count). The lowest BCUT2D eigenvalue weighted by atomic mass is 9.99. The van der Waals surface area contributed by atoms with E-state index in [0.717, 1.165) is 11.0 Å². The first-order chi connectivity index (χ1) is 10.2. The average molecular weight is 276 g/mol. The van der Waals surface area contributed by atoms with Crippen molar-refractivity contribution in [2.24, 2.45) is 7.05 Å². The largest absolute Gasteiger partial charge is 0.330 e. The predicted molar refractivity (Wildman–Crippen MR) is 77.6 cm³/mol. The van der Waals surface area contributed by atoms with Gasteiger partial charge in [0.15, 0.2) is 11.7 Å². The first-order valence-electron chi connectivity index (χ1n) is 6.47. The lowest BCUT2D eigenvalue weighted by Gasteiger charge is -2.08. The first kappa shape index (κ1) is 13.0. The number of hydrogen-bond acceptors (Lipinski definition) is 4. The number of carbonyl (C=O) groups excluding carboxylic acids is 1. The molecule has 3 aromatic rings. The maximum absolute atomic E-state index is 12.5. The number of rotatable bonds is 3. The number of fused-ring (bicyclic) bond motifs is 1. The molecule has 0 aliphatic rings. The fraction of sp³-hybridized carbons (Fsp3) is 0.125. The standard InChI is InChI=1S/C16H12N4O/c1-20-14-5-3-2-4-13(14)19-16(20)12(10-17)15(21)11-6-8-18-9-7-11/h2-9,12H,1H3/t12-/m1/s1. The predicted octanol–water partition coefficient (Wildman–Crippen LogP) is 2.46. The molecule has 0 fully saturated rings. The zero-order valence-corrected chi connectivity index (χ0v) is 11.4. The Morgan fingerprint density at radius 2 is 1.95 bits per heavy atom. The van der Waals surface area contributed by atoms with Crippen LogP contribution in [0.15, 0.2) is 48.8 Å². The highest BCUT2D eigenvalue weighted by Gasteiger charge is 2.26. The van der Waals surface area contributed by atoms with Crippen LogP contribution in [0, 0.1) is 11.3 Å². The molecule has 1 aromatic carbocycles. The molecule has 0 aliphatic carbocycles. The lowest BCUT2D eigenvalue weighted by molar-refractivity contribution is 0.0975. The fourth-order valence-corrected chi connectivity index (χ4v) is 2.34. The first-order valence-corrected chi connectivity index (χ1v) is 6.47. The molecule has 0 bridgehead atoms. The van der Waals surface area contributed by atoms with Gasteiger partial charge in [-0.2, -0.15) is 5.26 Å². The number of benzene rings is 1. The molecule has 0 aliphatic heterocycles. The van der Waals surface area contributed by atoms with E-state index < -0.39 is 5.92 Å². The van der Waals surface area contributed by atoms with Crippen molar-refractivity contribution < 1.29 is 4.79 Å². The van der Waals surface area contributed by atoms with Gasteiger partial charge in [0.25, 0.3) is 0 Å². The number of para-hydroxylation sites is 2. The number of Topliss-reactive ketones (excluding diaryl/α,β-unsaturated/α-hetero) is 1. The monoisotopic (exact) mass is 276 g/mol. The second kappa shape index (κ2) is 5.17. The molecule has 1 atom stereocenters. The van der Waals surface area contributed by atoms with Crippen molar-refractivity contribution in [3.8, 4) is 6.07 Å². The van der Waals surface area contributed by atoms with Crippen molar-refractivity contribution in [2.45, 2.75) is 5.92 Å². The number of ketones is 1. The summed E-state index contributed by atoms with van der Waals surface area (Å²) in [5.41, 5.74) is 2.14.